The van der Waals surface area contributed by atoms with E-state index in [1.807, 2.05) is 35.0 Å². The Bertz CT molecular complexity index is 2140. The Morgan fingerprint density at radius 3 is 1.88 bits per heavy atom. The molecule has 8 heteroatoms. The quantitative estimate of drug-likeness (QED) is 0.0951. The Balaban J connectivity index is 1.32. The van der Waals surface area contributed by atoms with Gasteiger partial charge in [-0.25, -0.2) is 9.67 Å². The van der Waals surface area contributed by atoms with Gasteiger partial charge in [0.15, 0.2) is 5.82 Å². The second kappa shape index (κ2) is 15.0. The number of nitrogens with zero attached hydrogens (tertiary/aromatic N) is 6. The SMILES string of the molecule is CCCCc1ncc(/C=C/C(=O)[O-])n1Cc1ccc(-c2ccccc2-c2nnnn2C(c2ccccc2)(c2ccccc2)c2ccccc2)cc1. The number of hydrogen-bond acceptors (Lipinski definition) is 6. The summed E-state index contributed by atoms with van der Waals surface area (Å²) in [7, 11) is 0. The highest BCUT2D eigenvalue weighted by molar-refractivity contribution is 5.83. The number of imidazole rings is 1. The number of carbonyl (C=O) groups excluding carboxylic acids is 1. The van der Waals surface area contributed by atoms with E-state index in [0.29, 0.717) is 12.4 Å². The van der Waals surface area contributed by atoms with Crippen LogP contribution in [0.4, 0.5) is 0 Å². The number of benzene rings is 5. The maximum absolute atomic E-state index is 11.2. The van der Waals surface area contributed by atoms with Gasteiger partial charge in [0, 0.05) is 18.5 Å². The molecule has 0 saturated carbocycles. The van der Waals surface area contributed by atoms with Crippen molar-refractivity contribution < 1.29 is 9.90 Å². The van der Waals surface area contributed by atoms with Crippen molar-refractivity contribution >= 4 is 12.0 Å². The van der Waals surface area contributed by atoms with Crippen molar-refractivity contribution in [3.63, 3.8) is 0 Å². The monoisotopic (exact) mass is 669 g/mol. The zero-order valence-corrected chi connectivity index (χ0v) is 28.3. The highest BCUT2D eigenvalue weighted by Crippen LogP contribution is 2.43. The number of unbranched alkanes of at least 4 members (excludes halogenated alkanes) is 1. The fourth-order valence-electron chi connectivity index (χ4n) is 6.82. The highest BCUT2D eigenvalue weighted by atomic mass is 16.4. The Hall–Kier alpha value is -6.41. The van der Waals surface area contributed by atoms with E-state index in [1.165, 1.54) is 0 Å². The van der Waals surface area contributed by atoms with Crippen molar-refractivity contribution in [2.75, 3.05) is 0 Å². The Morgan fingerprint density at radius 2 is 1.31 bits per heavy atom. The molecule has 0 unspecified atom stereocenters. The lowest BCUT2D eigenvalue weighted by molar-refractivity contribution is -0.297. The van der Waals surface area contributed by atoms with Crippen molar-refractivity contribution in [2.45, 2.75) is 38.3 Å². The summed E-state index contributed by atoms with van der Waals surface area (Å²) in [5.41, 5.74) is 6.92. The molecule has 51 heavy (non-hydrogen) atoms. The Labute approximate surface area is 297 Å². The van der Waals surface area contributed by atoms with Crippen molar-refractivity contribution in [3.8, 4) is 22.5 Å². The molecule has 0 atom stereocenters. The summed E-state index contributed by atoms with van der Waals surface area (Å²) in [5.74, 6) is 0.324. The van der Waals surface area contributed by atoms with E-state index < -0.39 is 11.5 Å². The third-order valence-electron chi connectivity index (χ3n) is 9.25. The van der Waals surface area contributed by atoms with Gasteiger partial charge in [0.2, 0.25) is 0 Å². The van der Waals surface area contributed by atoms with E-state index in [4.69, 9.17) is 10.3 Å². The van der Waals surface area contributed by atoms with Crippen LogP contribution in [-0.2, 0) is 23.3 Å². The zero-order valence-electron chi connectivity index (χ0n) is 28.3. The molecule has 5 aromatic carbocycles. The molecule has 0 fully saturated rings. The third-order valence-corrected chi connectivity index (χ3v) is 9.25. The average Bonchev–Trinajstić information content (AvgIpc) is 3.82. The number of carboxylic acids is 1. The lowest BCUT2D eigenvalue weighted by Crippen LogP contribution is -2.39. The number of hydrogen-bond donors (Lipinski definition) is 0. The summed E-state index contributed by atoms with van der Waals surface area (Å²) in [6, 6.07) is 47.8. The molecule has 0 aliphatic carbocycles. The molecule has 7 aromatic rings. The standard InChI is InChI=1S/C43H38N6O2/c1-2-3-23-40-44-30-37(28-29-41(50)51)48(40)31-32-24-26-33(27-25-32)38-21-13-14-22-39(38)42-45-46-47-49(42)43(34-15-7-4-8-16-34,35-17-9-5-10-18-35)36-19-11-6-12-20-36/h4-22,24-30H,2-3,23,31H2,1H3,(H,50,51)/p-1/b29-28+. The van der Waals surface area contributed by atoms with Gasteiger partial charge in [-0.2, -0.15) is 0 Å². The molecule has 0 N–H and O–H groups in total. The van der Waals surface area contributed by atoms with Crippen LogP contribution in [-0.4, -0.2) is 35.7 Å². The van der Waals surface area contributed by atoms with Crippen LogP contribution in [0.3, 0.4) is 0 Å². The first-order chi connectivity index (χ1) is 25.1. The van der Waals surface area contributed by atoms with Crippen LogP contribution in [0, 0.1) is 0 Å². The number of carbonyl (C=O) groups is 1. The summed E-state index contributed by atoms with van der Waals surface area (Å²) in [5, 5.41) is 24.9. The fourth-order valence-corrected chi connectivity index (χ4v) is 6.82. The summed E-state index contributed by atoms with van der Waals surface area (Å²) in [4.78, 5) is 15.8. The molecule has 0 amide bonds. The van der Waals surface area contributed by atoms with E-state index in [9.17, 15) is 9.90 Å². The predicted molar refractivity (Wildman–Crippen MR) is 197 cm³/mol. The van der Waals surface area contributed by atoms with Gasteiger partial charge >= 0.3 is 0 Å². The number of aliphatic carboxylic acids is 1. The highest BCUT2D eigenvalue weighted by Gasteiger charge is 2.42. The number of tetrazole rings is 1. The van der Waals surface area contributed by atoms with Crippen LogP contribution in [0.25, 0.3) is 28.6 Å². The molecule has 7 rings (SSSR count). The van der Waals surface area contributed by atoms with Gasteiger partial charge in [-0.05, 0) is 62.4 Å². The van der Waals surface area contributed by atoms with Crippen molar-refractivity contribution in [1.29, 1.82) is 0 Å². The van der Waals surface area contributed by atoms with Crippen LogP contribution in [0.15, 0.2) is 152 Å². The summed E-state index contributed by atoms with van der Waals surface area (Å²) in [6.07, 6.45) is 7.17. The van der Waals surface area contributed by atoms with Crippen LogP contribution < -0.4 is 5.11 Å². The van der Waals surface area contributed by atoms with Gasteiger partial charge in [0.1, 0.15) is 11.4 Å². The number of carboxylic acid groups (broad SMARTS) is 1. The molecule has 0 radical (unpaired) electrons. The summed E-state index contributed by atoms with van der Waals surface area (Å²) < 4.78 is 4.03. The van der Waals surface area contributed by atoms with E-state index in [1.54, 1.807) is 12.3 Å². The van der Waals surface area contributed by atoms with Crippen LogP contribution >= 0.6 is 0 Å². The van der Waals surface area contributed by atoms with E-state index >= 15 is 0 Å². The van der Waals surface area contributed by atoms with Gasteiger partial charge in [-0.1, -0.05) is 153 Å². The topological polar surface area (TPSA) is 102 Å². The third kappa shape index (κ3) is 6.64. The zero-order chi connectivity index (χ0) is 35.0. The van der Waals surface area contributed by atoms with Gasteiger partial charge in [0.25, 0.3) is 0 Å². The molecule has 0 aliphatic heterocycles. The van der Waals surface area contributed by atoms with E-state index in [2.05, 4.69) is 131 Å². The Kier molecular flexibility index (Phi) is 9.74. The molecule has 8 nitrogen and oxygen atoms in total. The molecule has 2 heterocycles. The fraction of sp³-hybridized carbons (Fsp3) is 0.140. The van der Waals surface area contributed by atoms with Crippen LogP contribution in [0.1, 0.15) is 53.5 Å². The lowest BCUT2D eigenvalue weighted by atomic mass is 9.77. The molecule has 0 saturated heterocycles. The minimum atomic E-state index is -1.24. The summed E-state index contributed by atoms with van der Waals surface area (Å²) in [6.45, 7) is 2.70. The van der Waals surface area contributed by atoms with E-state index in [0.717, 1.165) is 75.8 Å². The largest absolute Gasteiger partial charge is 0.545 e. The molecular formula is C43H37N6O2-. The van der Waals surface area contributed by atoms with Crippen LogP contribution in [0.2, 0.25) is 0 Å². The predicted octanol–water partition coefficient (Wildman–Crippen LogP) is 7.20. The molecule has 252 valence electrons. The second-order valence-corrected chi connectivity index (χ2v) is 12.4. The number of aromatic nitrogens is 6. The van der Waals surface area contributed by atoms with Crippen molar-refractivity contribution in [3.05, 3.63) is 186 Å². The first-order valence-corrected chi connectivity index (χ1v) is 17.2. The minimum absolute atomic E-state index is 0.555. The summed E-state index contributed by atoms with van der Waals surface area (Å²) >= 11 is 0. The molecule has 0 aliphatic rings. The lowest BCUT2D eigenvalue weighted by Gasteiger charge is -2.36. The molecule has 2 aromatic heterocycles. The molecule has 0 bridgehead atoms. The van der Waals surface area contributed by atoms with Gasteiger partial charge < -0.3 is 14.5 Å². The van der Waals surface area contributed by atoms with Crippen LogP contribution in [0.5, 0.6) is 0 Å². The minimum Gasteiger partial charge on any atom is -0.545 e. The average molecular weight is 670 g/mol. The number of aryl methyl sites for hydroxylation is 1. The first-order valence-electron chi connectivity index (χ1n) is 17.2. The molecular weight excluding hydrogens is 633 g/mol. The van der Waals surface area contributed by atoms with Gasteiger partial charge in [-0.15, -0.1) is 5.10 Å². The smallest absolute Gasteiger partial charge is 0.184 e. The van der Waals surface area contributed by atoms with Crippen molar-refractivity contribution in [2.24, 2.45) is 0 Å². The number of rotatable bonds is 13. The normalized spacial score (nSPS) is 11.6. The van der Waals surface area contributed by atoms with Crippen molar-refractivity contribution in [1.82, 2.24) is 29.8 Å². The van der Waals surface area contributed by atoms with Gasteiger partial charge in [-0.3, -0.25) is 0 Å². The second-order valence-electron chi connectivity index (χ2n) is 12.4. The van der Waals surface area contributed by atoms with Gasteiger partial charge in [0.05, 0.1) is 17.9 Å². The first kappa shape index (κ1) is 33.1. The molecule has 0 spiro atoms. The Morgan fingerprint density at radius 1 is 0.745 bits per heavy atom. The maximum atomic E-state index is 11.2. The van der Waals surface area contributed by atoms with E-state index in [-0.39, 0.29) is 0 Å². The maximum Gasteiger partial charge on any atom is 0.184 e.